The van der Waals surface area contributed by atoms with Gasteiger partial charge in [-0.25, -0.2) is 4.39 Å². The molecule has 1 fully saturated rings. The summed E-state index contributed by atoms with van der Waals surface area (Å²) >= 11 is 6.38. The Bertz CT molecular complexity index is 380. The minimum absolute atomic E-state index is 0.0477. The van der Waals surface area contributed by atoms with Gasteiger partial charge in [-0.3, -0.25) is 0 Å². The number of benzene rings is 1. The van der Waals surface area contributed by atoms with E-state index < -0.39 is 0 Å². The highest BCUT2D eigenvalue weighted by atomic mass is 35.5. The molecule has 0 spiro atoms. The second-order valence-electron chi connectivity index (χ2n) is 4.51. The van der Waals surface area contributed by atoms with Gasteiger partial charge >= 0.3 is 0 Å². The number of hydrogen-bond acceptors (Lipinski definition) is 1. The van der Waals surface area contributed by atoms with Gasteiger partial charge in [-0.15, -0.1) is 11.6 Å². The first kappa shape index (κ1) is 11.9. The summed E-state index contributed by atoms with van der Waals surface area (Å²) in [5.41, 5.74) is 1.58. The van der Waals surface area contributed by atoms with Crippen LogP contribution in [0.25, 0.3) is 0 Å². The van der Waals surface area contributed by atoms with Crippen molar-refractivity contribution in [1.82, 2.24) is 0 Å². The Balaban J connectivity index is 2.20. The van der Waals surface area contributed by atoms with Crippen LogP contribution in [0.2, 0.25) is 0 Å². The molecule has 0 aromatic heterocycles. The van der Waals surface area contributed by atoms with E-state index in [-0.39, 0.29) is 17.3 Å². The summed E-state index contributed by atoms with van der Waals surface area (Å²) in [4.78, 5) is 0. The zero-order valence-corrected chi connectivity index (χ0v) is 10.3. The topological polar surface area (TPSA) is 9.23 Å². The van der Waals surface area contributed by atoms with Crippen LogP contribution >= 0.6 is 11.6 Å². The highest BCUT2D eigenvalue weighted by Gasteiger charge is 2.31. The molecule has 3 unspecified atom stereocenters. The number of aryl methyl sites for hydroxylation is 1. The maximum atomic E-state index is 13.1. The molecule has 1 aromatic carbocycles. The summed E-state index contributed by atoms with van der Waals surface area (Å²) in [5.74, 6) is 0.279. The van der Waals surface area contributed by atoms with Crippen LogP contribution in [-0.2, 0) is 4.74 Å². The number of ether oxygens (including phenoxy) is 1. The van der Waals surface area contributed by atoms with Crippen molar-refractivity contribution in [2.24, 2.45) is 5.92 Å². The number of alkyl halides is 1. The Kier molecular flexibility index (Phi) is 3.50. The molecular weight excluding hydrogens is 227 g/mol. The third-order valence-electron chi connectivity index (χ3n) is 3.23. The molecule has 0 aliphatic carbocycles. The van der Waals surface area contributed by atoms with Crippen molar-refractivity contribution < 1.29 is 9.13 Å². The molecule has 0 radical (unpaired) electrons. The van der Waals surface area contributed by atoms with Crippen molar-refractivity contribution in [2.75, 3.05) is 6.61 Å². The molecule has 1 saturated heterocycles. The van der Waals surface area contributed by atoms with Crippen LogP contribution in [-0.4, -0.2) is 12.7 Å². The SMILES string of the molecule is Cc1cc(C(Cl)C2OCCC2C)ccc1F. The second-order valence-corrected chi connectivity index (χ2v) is 4.98. The lowest BCUT2D eigenvalue weighted by Crippen LogP contribution is -2.19. The Morgan fingerprint density at radius 1 is 1.50 bits per heavy atom. The van der Waals surface area contributed by atoms with Crippen molar-refractivity contribution in [3.05, 3.63) is 35.1 Å². The smallest absolute Gasteiger partial charge is 0.126 e. The fourth-order valence-electron chi connectivity index (χ4n) is 2.12. The Morgan fingerprint density at radius 2 is 2.25 bits per heavy atom. The maximum Gasteiger partial charge on any atom is 0.126 e. The molecule has 3 heteroatoms. The first-order chi connectivity index (χ1) is 7.59. The highest BCUT2D eigenvalue weighted by molar-refractivity contribution is 6.21. The minimum atomic E-state index is -0.187. The lowest BCUT2D eigenvalue weighted by atomic mass is 9.96. The molecule has 1 heterocycles. The summed E-state index contributed by atoms with van der Waals surface area (Å²) in [5, 5.41) is -0.184. The highest BCUT2D eigenvalue weighted by Crippen LogP contribution is 2.36. The van der Waals surface area contributed by atoms with Gasteiger partial charge in [-0.1, -0.05) is 19.1 Å². The van der Waals surface area contributed by atoms with Crippen LogP contribution in [0.15, 0.2) is 18.2 Å². The van der Waals surface area contributed by atoms with Crippen molar-refractivity contribution in [2.45, 2.75) is 31.7 Å². The normalized spacial score (nSPS) is 27.0. The van der Waals surface area contributed by atoms with E-state index >= 15 is 0 Å². The van der Waals surface area contributed by atoms with Crippen LogP contribution in [0.3, 0.4) is 0 Å². The van der Waals surface area contributed by atoms with Gasteiger partial charge in [0, 0.05) is 6.61 Å². The third kappa shape index (κ3) is 2.23. The van der Waals surface area contributed by atoms with E-state index in [4.69, 9.17) is 16.3 Å². The summed E-state index contributed by atoms with van der Waals surface area (Å²) in [7, 11) is 0. The minimum Gasteiger partial charge on any atom is -0.376 e. The fourth-order valence-corrected chi connectivity index (χ4v) is 2.58. The van der Waals surface area contributed by atoms with E-state index in [9.17, 15) is 4.39 Å². The van der Waals surface area contributed by atoms with Crippen LogP contribution in [0.1, 0.15) is 29.8 Å². The van der Waals surface area contributed by atoms with Gasteiger partial charge in [0.05, 0.1) is 11.5 Å². The zero-order chi connectivity index (χ0) is 11.7. The second kappa shape index (κ2) is 4.72. The standard InChI is InChI=1S/C13H16ClFO/c1-8-5-6-16-13(8)12(14)10-3-4-11(15)9(2)7-10/h3-4,7-8,12-13H,5-6H2,1-2H3. The fraction of sp³-hybridized carbons (Fsp3) is 0.538. The third-order valence-corrected chi connectivity index (χ3v) is 3.73. The molecule has 0 bridgehead atoms. The van der Waals surface area contributed by atoms with E-state index in [1.54, 1.807) is 19.1 Å². The van der Waals surface area contributed by atoms with E-state index in [2.05, 4.69) is 6.92 Å². The summed E-state index contributed by atoms with van der Waals surface area (Å²) in [6.07, 6.45) is 1.10. The number of rotatable bonds is 2. The summed E-state index contributed by atoms with van der Waals surface area (Å²) in [6, 6.07) is 5.02. The van der Waals surface area contributed by atoms with Crippen molar-refractivity contribution in [3.8, 4) is 0 Å². The first-order valence-corrected chi connectivity index (χ1v) is 6.05. The molecule has 88 valence electrons. The quantitative estimate of drug-likeness (QED) is 0.716. The molecule has 0 N–H and O–H groups in total. The number of halogens is 2. The largest absolute Gasteiger partial charge is 0.376 e. The summed E-state index contributed by atoms with van der Waals surface area (Å²) in [6.45, 7) is 4.67. The predicted octanol–water partition coefficient (Wildman–Crippen LogP) is 3.84. The van der Waals surface area contributed by atoms with Gasteiger partial charge in [0.15, 0.2) is 0 Å². The molecule has 16 heavy (non-hydrogen) atoms. The van der Waals surface area contributed by atoms with E-state index in [0.29, 0.717) is 11.5 Å². The van der Waals surface area contributed by atoms with Crippen LogP contribution in [0.4, 0.5) is 4.39 Å². The molecule has 1 aliphatic rings. The van der Waals surface area contributed by atoms with Gasteiger partial charge < -0.3 is 4.74 Å². The van der Waals surface area contributed by atoms with Crippen molar-refractivity contribution >= 4 is 11.6 Å². The van der Waals surface area contributed by atoms with E-state index in [1.165, 1.54) is 6.07 Å². The van der Waals surface area contributed by atoms with Crippen LogP contribution in [0.5, 0.6) is 0 Å². The average Bonchev–Trinajstić information content (AvgIpc) is 2.67. The van der Waals surface area contributed by atoms with E-state index in [1.807, 2.05) is 0 Å². The van der Waals surface area contributed by atoms with Crippen molar-refractivity contribution in [1.29, 1.82) is 0 Å². The summed E-state index contributed by atoms with van der Waals surface area (Å²) < 4.78 is 18.8. The predicted molar refractivity (Wildman–Crippen MR) is 63.3 cm³/mol. The van der Waals surface area contributed by atoms with Gasteiger partial charge in [0.25, 0.3) is 0 Å². The van der Waals surface area contributed by atoms with Gasteiger partial charge in [-0.2, -0.15) is 0 Å². The zero-order valence-electron chi connectivity index (χ0n) is 9.54. The molecule has 1 nitrogen and oxygen atoms in total. The molecule has 0 amide bonds. The molecule has 0 saturated carbocycles. The molecule has 3 atom stereocenters. The number of hydrogen-bond donors (Lipinski definition) is 0. The first-order valence-electron chi connectivity index (χ1n) is 5.61. The Labute approximate surface area is 101 Å². The monoisotopic (exact) mass is 242 g/mol. The Hall–Kier alpha value is -0.600. The lowest BCUT2D eigenvalue weighted by Gasteiger charge is -2.21. The average molecular weight is 243 g/mol. The lowest BCUT2D eigenvalue weighted by molar-refractivity contribution is 0.0903. The van der Waals surface area contributed by atoms with E-state index in [0.717, 1.165) is 18.6 Å². The van der Waals surface area contributed by atoms with Gasteiger partial charge in [0.1, 0.15) is 5.82 Å². The van der Waals surface area contributed by atoms with Crippen LogP contribution in [0, 0.1) is 18.7 Å². The molecule has 1 aromatic rings. The van der Waals surface area contributed by atoms with Gasteiger partial charge in [-0.05, 0) is 36.5 Å². The molecule has 1 aliphatic heterocycles. The molecular formula is C13H16ClFO. The maximum absolute atomic E-state index is 13.1. The molecule has 2 rings (SSSR count). The van der Waals surface area contributed by atoms with Gasteiger partial charge in [0.2, 0.25) is 0 Å². The Morgan fingerprint density at radius 3 is 2.81 bits per heavy atom. The van der Waals surface area contributed by atoms with Crippen LogP contribution < -0.4 is 0 Å². The van der Waals surface area contributed by atoms with Crippen molar-refractivity contribution in [3.63, 3.8) is 0 Å².